The van der Waals surface area contributed by atoms with Crippen molar-refractivity contribution in [3.63, 3.8) is 0 Å². The predicted molar refractivity (Wildman–Crippen MR) is 81.3 cm³/mol. The first kappa shape index (κ1) is 15.8. The molecule has 0 aliphatic rings. The third-order valence-corrected chi connectivity index (χ3v) is 3.74. The van der Waals surface area contributed by atoms with Crippen molar-refractivity contribution >= 4 is 11.6 Å². The van der Waals surface area contributed by atoms with Crippen LogP contribution in [0.2, 0.25) is 5.02 Å². The molecule has 112 valence electrons. The molecule has 21 heavy (non-hydrogen) atoms. The van der Waals surface area contributed by atoms with Gasteiger partial charge in [0.05, 0.1) is 17.4 Å². The minimum absolute atomic E-state index is 0.201. The lowest BCUT2D eigenvalue weighted by atomic mass is 9.97. The third kappa shape index (κ3) is 3.75. The highest BCUT2D eigenvalue weighted by Crippen LogP contribution is 2.25. The molecule has 1 atom stereocenters. The van der Waals surface area contributed by atoms with Gasteiger partial charge in [-0.2, -0.15) is 10.2 Å². The van der Waals surface area contributed by atoms with Crippen LogP contribution in [0.25, 0.3) is 0 Å². The number of nitrogens with zero attached hydrogens (tertiary/aromatic N) is 2. The number of hydrogen-bond donors (Lipinski definition) is 2. The second kappa shape index (κ2) is 6.93. The SMILES string of the molecule is CCc1nnc(C)cc1C(Cc1cc(F)ccc1Cl)NN. The molecule has 1 unspecified atom stereocenters. The second-order valence-corrected chi connectivity index (χ2v) is 5.31. The quantitative estimate of drug-likeness (QED) is 0.658. The maximum Gasteiger partial charge on any atom is 0.123 e. The van der Waals surface area contributed by atoms with E-state index in [1.165, 1.54) is 12.1 Å². The van der Waals surface area contributed by atoms with Gasteiger partial charge in [-0.1, -0.05) is 18.5 Å². The highest BCUT2D eigenvalue weighted by Gasteiger charge is 2.17. The van der Waals surface area contributed by atoms with Crippen molar-refractivity contribution in [2.75, 3.05) is 0 Å². The minimum Gasteiger partial charge on any atom is -0.271 e. The van der Waals surface area contributed by atoms with Crippen molar-refractivity contribution in [3.8, 4) is 0 Å². The largest absolute Gasteiger partial charge is 0.271 e. The van der Waals surface area contributed by atoms with Crippen LogP contribution in [0.5, 0.6) is 0 Å². The van der Waals surface area contributed by atoms with Crippen LogP contribution in [0.4, 0.5) is 4.39 Å². The van der Waals surface area contributed by atoms with Crippen LogP contribution in [-0.2, 0) is 12.8 Å². The highest BCUT2D eigenvalue weighted by atomic mass is 35.5. The predicted octanol–water partition coefficient (Wildman–Crippen LogP) is 2.89. The van der Waals surface area contributed by atoms with E-state index in [0.29, 0.717) is 17.0 Å². The molecule has 0 saturated heterocycles. The summed E-state index contributed by atoms with van der Waals surface area (Å²) in [6.07, 6.45) is 1.23. The molecule has 1 aromatic heterocycles. The summed E-state index contributed by atoms with van der Waals surface area (Å²) in [5, 5.41) is 8.78. The van der Waals surface area contributed by atoms with E-state index in [0.717, 1.165) is 23.4 Å². The molecule has 2 rings (SSSR count). The number of nitrogens with one attached hydrogen (secondary N) is 1. The van der Waals surface area contributed by atoms with Crippen molar-refractivity contribution in [3.05, 3.63) is 57.6 Å². The van der Waals surface area contributed by atoms with E-state index in [9.17, 15) is 4.39 Å². The first-order valence-corrected chi connectivity index (χ1v) is 7.16. The number of hydrogen-bond acceptors (Lipinski definition) is 4. The van der Waals surface area contributed by atoms with Crippen LogP contribution in [0.3, 0.4) is 0 Å². The number of nitrogens with two attached hydrogens (primary N) is 1. The maximum atomic E-state index is 13.4. The molecule has 4 nitrogen and oxygen atoms in total. The summed E-state index contributed by atoms with van der Waals surface area (Å²) in [4.78, 5) is 0. The van der Waals surface area contributed by atoms with Crippen LogP contribution >= 0.6 is 11.6 Å². The summed E-state index contributed by atoms with van der Waals surface area (Å²) in [5.41, 5.74) is 6.12. The Labute approximate surface area is 128 Å². The fourth-order valence-corrected chi connectivity index (χ4v) is 2.48. The lowest BCUT2D eigenvalue weighted by Crippen LogP contribution is -2.31. The molecule has 3 N–H and O–H groups in total. The van der Waals surface area contributed by atoms with Gasteiger partial charge in [-0.3, -0.25) is 11.3 Å². The zero-order valence-electron chi connectivity index (χ0n) is 12.0. The van der Waals surface area contributed by atoms with Gasteiger partial charge in [-0.05, 0) is 55.2 Å². The molecule has 0 radical (unpaired) electrons. The van der Waals surface area contributed by atoms with Gasteiger partial charge in [0.1, 0.15) is 5.82 Å². The Bertz CT molecular complexity index is 633. The summed E-state index contributed by atoms with van der Waals surface area (Å²) in [6, 6.07) is 6.07. The number of aryl methyl sites for hydroxylation is 2. The number of rotatable bonds is 5. The Morgan fingerprint density at radius 3 is 2.76 bits per heavy atom. The van der Waals surface area contributed by atoms with E-state index in [1.807, 2.05) is 19.9 Å². The fraction of sp³-hybridized carbons (Fsp3) is 0.333. The molecule has 0 aliphatic carbocycles. The number of hydrazine groups is 1. The average molecular weight is 309 g/mol. The Morgan fingerprint density at radius 1 is 1.33 bits per heavy atom. The van der Waals surface area contributed by atoms with Gasteiger partial charge in [0.25, 0.3) is 0 Å². The van der Waals surface area contributed by atoms with Crippen molar-refractivity contribution < 1.29 is 4.39 Å². The molecule has 6 heteroatoms. The van der Waals surface area contributed by atoms with E-state index in [2.05, 4.69) is 15.6 Å². The minimum atomic E-state index is -0.315. The van der Waals surface area contributed by atoms with E-state index in [-0.39, 0.29) is 11.9 Å². The van der Waals surface area contributed by atoms with Gasteiger partial charge in [0.15, 0.2) is 0 Å². The normalized spacial score (nSPS) is 12.4. The van der Waals surface area contributed by atoms with Crippen molar-refractivity contribution in [2.24, 2.45) is 5.84 Å². The molecule has 1 aromatic carbocycles. The van der Waals surface area contributed by atoms with Crippen LogP contribution in [-0.4, -0.2) is 10.2 Å². The van der Waals surface area contributed by atoms with Gasteiger partial charge in [0, 0.05) is 5.02 Å². The Morgan fingerprint density at radius 2 is 2.10 bits per heavy atom. The van der Waals surface area contributed by atoms with Crippen LogP contribution in [0.1, 0.15) is 35.5 Å². The van der Waals surface area contributed by atoms with Gasteiger partial charge in [0.2, 0.25) is 0 Å². The topological polar surface area (TPSA) is 63.8 Å². The first-order chi connectivity index (χ1) is 10.0. The molecular weight excluding hydrogens is 291 g/mol. The number of aromatic nitrogens is 2. The maximum absolute atomic E-state index is 13.4. The molecular formula is C15H18ClFN4. The van der Waals surface area contributed by atoms with E-state index in [4.69, 9.17) is 17.4 Å². The molecule has 0 aliphatic heterocycles. The average Bonchev–Trinajstić information content (AvgIpc) is 2.48. The first-order valence-electron chi connectivity index (χ1n) is 6.78. The van der Waals surface area contributed by atoms with Gasteiger partial charge in [-0.15, -0.1) is 0 Å². The van der Waals surface area contributed by atoms with Crippen molar-refractivity contribution in [1.29, 1.82) is 0 Å². The Hall–Kier alpha value is -1.56. The fourth-order valence-electron chi connectivity index (χ4n) is 2.29. The summed E-state index contributed by atoms with van der Waals surface area (Å²) >= 11 is 6.13. The Balaban J connectivity index is 2.36. The van der Waals surface area contributed by atoms with Gasteiger partial charge >= 0.3 is 0 Å². The third-order valence-electron chi connectivity index (χ3n) is 3.37. The summed E-state index contributed by atoms with van der Waals surface area (Å²) < 4.78 is 13.4. The van der Waals surface area contributed by atoms with Crippen LogP contribution < -0.4 is 11.3 Å². The zero-order valence-corrected chi connectivity index (χ0v) is 12.8. The summed E-state index contributed by atoms with van der Waals surface area (Å²) in [7, 11) is 0. The highest BCUT2D eigenvalue weighted by molar-refractivity contribution is 6.31. The van der Waals surface area contributed by atoms with Gasteiger partial charge in [-0.25, -0.2) is 4.39 Å². The van der Waals surface area contributed by atoms with Crippen LogP contribution in [0, 0.1) is 12.7 Å². The molecule has 2 aromatic rings. The second-order valence-electron chi connectivity index (χ2n) is 4.90. The smallest absolute Gasteiger partial charge is 0.123 e. The summed E-state index contributed by atoms with van der Waals surface area (Å²) in [6.45, 7) is 3.88. The molecule has 0 spiro atoms. The standard InChI is InChI=1S/C15H18ClFN4/c1-3-14-12(6-9(2)20-21-14)15(19-18)8-10-7-11(17)4-5-13(10)16/h4-7,15,19H,3,8,18H2,1-2H3. The molecule has 0 saturated carbocycles. The van der Waals surface area contributed by atoms with Crippen LogP contribution in [0.15, 0.2) is 24.3 Å². The van der Waals surface area contributed by atoms with E-state index >= 15 is 0 Å². The van der Waals surface area contributed by atoms with Gasteiger partial charge < -0.3 is 0 Å². The molecule has 0 fully saturated rings. The van der Waals surface area contributed by atoms with E-state index in [1.54, 1.807) is 6.07 Å². The van der Waals surface area contributed by atoms with Crippen molar-refractivity contribution in [2.45, 2.75) is 32.7 Å². The summed E-state index contributed by atoms with van der Waals surface area (Å²) in [5.74, 6) is 5.36. The molecule has 1 heterocycles. The monoisotopic (exact) mass is 308 g/mol. The molecule has 0 amide bonds. The Kier molecular flexibility index (Phi) is 5.22. The van der Waals surface area contributed by atoms with E-state index < -0.39 is 0 Å². The van der Waals surface area contributed by atoms with Crippen molar-refractivity contribution in [1.82, 2.24) is 15.6 Å². The number of benzene rings is 1. The lowest BCUT2D eigenvalue weighted by molar-refractivity contribution is 0.539. The zero-order chi connectivity index (χ0) is 15.4. The lowest BCUT2D eigenvalue weighted by Gasteiger charge is -2.19. The molecule has 0 bridgehead atoms. The number of halogens is 2.